The molecular weight excluding hydrogens is 492 g/mol. The standard InChI is InChI=1S/C36H26N2S/c1-4-14-27(15-5-1)37-33-24-23-31(36-35(33)32-21-10-11-22-34(32)39-36)26-13-12-20-30(25-26)38(28-16-6-2-7-17-28)29-18-8-3-9-19-29/h1-25,37H. The van der Waals surface area contributed by atoms with Crippen molar-refractivity contribution in [1.82, 2.24) is 0 Å². The molecule has 0 saturated carbocycles. The van der Waals surface area contributed by atoms with Gasteiger partial charge in [0.25, 0.3) is 0 Å². The quantitative estimate of drug-likeness (QED) is 0.235. The highest BCUT2D eigenvalue weighted by Crippen LogP contribution is 2.45. The molecule has 2 nitrogen and oxygen atoms in total. The van der Waals surface area contributed by atoms with Crippen LogP contribution in [0.2, 0.25) is 0 Å². The number of hydrogen-bond acceptors (Lipinski definition) is 3. The maximum Gasteiger partial charge on any atom is 0.0479 e. The minimum atomic E-state index is 1.09. The molecule has 0 radical (unpaired) electrons. The summed E-state index contributed by atoms with van der Waals surface area (Å²) in [5.41, 5.74) is 8.06. The van der Waals surface area contributed by atoms with E-state index in [-0.39, 0.29) is 0 Å². The van der Waals surface area contributed by atoms with Crippen molar-refractivity contribution in [3.8, 4) is 11.1 Å². The Morgan fingerprint density at radius 1 is 0.513 bits per heavy atom. The van der Waals surface area contributed by atoms with Crippen LogP contribution in [0.1, 0.15) is 0 Å². The van der Waals surface area contributed by atoms with Crippen LogP contribution in [0.3, 0.4) is 0 Å². The topological polar surface area (TPSA) is 15.3 Å². The maximum absolute atomic E-state index is 3.67. The number of anilines is 5. The van der Waals surface area contributed by atoms with E-state index in [2.05, 4.69) is 156 Å². The first kappa shape index (κ1) is 23.3. The lowest BCUT2D eigenvalue weighted by Gasteiger charge is -2.26. The molecule has 0 atom stereocenters. The van der Waals surface area contributed by atoms with E-state index in [1.54, 1.807) is 0 Å². The first-order chi connectivity index (χ1) is 19.3. The first-order valence-corrected chi connectivity index (χ1v) is 13.9. The number of benzene rings is 6. The van der Waals surface area contributed by atoms with Crippen molar-refractivity contribution in [2.45, 2.75) is 0 Å². The SMILES string of the molecule is c1ccc(Nc2ccc(-c3cccc(N(c4ccccc4)c4ccccc4)c3)c3sc4ccccc4c23)cc1. The molecule has 39 heavy (non-hydrogen) atoms. The molecular formula is C36H26N2S. The Morgan fingerprint density at radius 2 is 1.13 bits per heavy atom. The van der Waals surface area contributed by atoms with Crippen LogP contribution in [-0.4, -0.2) is 0 Å². The molecule has 0 aliphatic carbocycles. The molecule has 0 spiro atoms. The summed E-state index contributed by atoms with van der Waals surface area (Å²) in [5, 5.41) is 6.23. The van der Waals surface area contributed by atoms with Crippen molar-refractivity contribution in [3.05, 3.63) is 152 Å². The third-order valence-corrected chi connectivity index (χ3v) is 8.23. The van der Waals surface area contributed by atoms with Crippen molar-refractivity contribution in [2.24, 2.45) is 0 Å². The highest BCUT2D eigenvalue weighted by atomic mass is 32.1. The smallest absolute Gasteiger partial charge is 0.0479 e. The second-order valence-corrected chi connectivity index (χ2v) is 10.6. The minimum Gasteiger partial charge on any atom is -0.355 e. The summed E-state index contributed by atoms with van der Waals surface area (Å²) < 4.78 is 2.59. The molecule has 6 aromatic carbocycles. The Labute approximate surface area is 232 Å². The Hall–Kier alpha value is -4.86. The Kier molecular flexibility index (Phi) is 6.04. The van der Waals surface area contributed by atoms with Crippen LogP contribution in [0.5, 0.6) is 0 Å². The molecule has 186 valence electrons. The fourth-order valence-corrected chi connectivity index (χ4v) is 6.51. The third kappa shape index (κ3) is 4.43. The molecule has 1 N–H and O–H groups in total. The van der Waals surface area contributed by atoms with Gasteiger partial charge in [-0.3, -0.25) is 0 Å². The van der Waals surface area contributed by atoms with Crippen LogP contribution in [0.25, 0.3) is 31.3 Å². The average Bonchev–Trinajstić information content (AvgIpc) is 3.40. The summed E-state index contributed by atoms with van der Waals surface area (Å²) >= 11 is 1.86. The van der Waals surface area contributed by atoms with Crippen molar-refractivity contribution in [1.29, 1.82) is 0 Å². The molecule has 0 fully saturated rings. The Morgan fingerprint density at radius 3 is 1.85 bits per heavy atom. The van der Waals surface area contributed by atoms with Crippen molar-refractivity contribution < 1.29 is 0 Å². The maximum atomic E-state index is 3.67. The van der Waals surface area contributed by atoms with E-state index in [0.717, 1.165) is 28.4 Å². The lowest BCUT2D eigenvalue weighted by molar-refractivity contribution is 1.28. The van der Waals surface area contributed by atoms with Gasteiger partial charge >= 0.3 is 0 Å². The molecule has 1 aromatic heterocycles. The number of thiophene rings is 1. The van der Waals surface area contributed by atoms with E-state index in [9.17, 15) is 0 Å². The molecule has 0 amide bonds. The molecule has 0 bridgehead atoms. The lowest BCUT2D eigenvalue weighted by atomic mass is 10.00. The fourth-order valence-electron chi connectivity index (χ4n) is 5.25. The highest BCUT2D eigenvalue weighted by Gasteiger charge is 2.17. The molecule has 7 aromatic rings. The van der Waals surface area contributed by atoms with Gasteiger partial charge in [-0.1, -0.05) is 91.0 Å². The van der Waals surface area contributed by atoms with Gasteiger partial charge in [-0.15, -0.1) is 11.3 Å². The molecule has 0 saturated heterocycles. The number of nitrogens with zero attached hydrogens (tertiary/aromatic N) is 1. The summed E-state index contributed by atoms with van der Waals surface area (Å²) in [6.07, 6.45) is 0. The van der Waals surface area contributed by atoms with Gasteiger partial charge in [-0.25, -0.2) is 0 Å². The van der Waals surface area contributed by atoms with E-state index in [0.29, 0.717) is 0 Å². The van der Waals surface area contributed by atoms with Crippen molar-refractivity contribution >= 4 is 59.9 Å². The highest BCUT2D eigenvalue weighted by molar-refractivity contribution is 7.26. The van der Waals surface area contributed by atoms with Gasteiger partial charge in [0.15, 0.2) is 0 Å². The average molecular weight is 519 g/mol. The molecule has 0 aliphatic heterocycles. The van der Waals surface area contributed by atoms with Crippen LogP contribution < -0.4 is 10.2 Å². The van der Waals surface area contributed by atoms with E-state index in [1.165, 1.54) is 31.3 Å². The van der Waals surface area contributed by atoms with E-state index in [4.69, 9.17) is 0 Å². The van der Waals surface area contributed by atoms with Gasteiger partial charge in [-0.2, -0.15) is 0 Å². The van der Waals surface area contributed by atoms with Crippen LogP contribution in [-0.2, 0) is 0 Å². The summed E-state index contributed by atoms with van der Waals surface area (Å²) in [5.74, 6) is 0. The molecule has 0 unspecified atom stereocenters. The minimum absolute atomic E-state index is 1.09. The number of fused-ring (bicyclic) bond motifs is 3. The molecule has 1 heterocycles. The zero-order valence-electron chi connectivity index (χ0n) is 21.3. The van der Waals surface area contributed by atoms with Gasteiger partial charge in [0.05, 0.1) is 0 Å². The van der Waals surface area contributed by atoms with Gasteiger partial charge in [0.2, 0.25) is 0 Å². The van der Waals surface area contributed by atoms with E-state index >= 15 is 0 Å². The lowest BCUT2D eigenvalue weighted by Crippen LogP contribution is -2.09. The molecule has 0 aliphatic rings. The largest absolute Gasteiger partial charge is 0.355 e. The fraction of sp³-hybridized carbons (Fsp3) is 0. The molecule has 3 heteroatoms. The summed E-state index contributed by atoms with van der Waals surface area (Å²) in [6, 6.07) is 53.6. The second-order valence-electron chi connectivity index (χ2n) is 9.51. The van der Waals surface area contributed by atoms with Crippen molar-refractivity contribution in [2.75, 3.05) is 10.2 Å². The zero-order valence-corrected chi connectivity index (χ0v) is 22.1. The number of rotatable bonds is 6. The Balaban J connectivity index is 1.40. The van der Waals surface area contributed by atoms with E-state index in [1.807, 2.05) is 17.4 Å². The predicted molar refractivity (Wildman–Crippen MR) is 169 cm³/mol. The second kappa shape index (κ2) is 10.1. The third-order valence-electron chi connectivity index (χ3n) is 7.02. The number of para-hydroxylation sites is 3. The van der Waals surface area contributed by atoms with Crippen LogP contribution in [0.15, 0.2) is 152 Å². The van der Waals surface area contributed by atoms with Crippen molar-refractivity contribution in [3.63, 3.8) is 0 Å². The summed E-state index contributed by atoms with van der Waals surface area (Å²) in [7, 11) is 0. The number of nitrogens with one attached hydrogen (secondary N) is 1. The number of hydrogen-bond donors (Lipinski definition) is 1. The normalized spacial score (nSPS) is 11.1. The summed E-state index contributed by atoms with van der Waals surface area (Å²) in [4.78, 5) is 2.32. The van der Waals surface area contributed by atoms with Gasteiger partial charge in [0.1, 0.15) is 0 Å². The monoisotopic (exact) mass is 518 g/mol. The predicted octanol–water partition coefficient (Wildman–Crippen LogP) is 10.9. The summed E-state index contributed by atoms with van der Waals surface area (Å²) in [6.45, 7) is 0. The van der Waals surface area contributed by atoms with Crippen LogP contribution >= 0.6 is 11.3 Å². The first-order valence-electron chi connectivity index (χ1n) is 13.1. The van der Waals surface area contributed by atoms with Gasteiger partial charge in [-0.05, 0) is 71.8 Å². The van der Waals surface area contributed by atoms with Crippen LogP contribution in [0, 0.1) is 0 Å². The van der Waals surface area contributed by atoms with Crippen LogP contribution in [0.4, 0.5) is 28.4 Å². The Bertz CT molecular complexity index is 1840. The zero-order chi connectivity index (χ0) is 26.0. The van der Waals surface area contributed by atoms with Gasteiger partial charge < -0.3 is 10.2 Å². The molecule has 7 rings (SSSR count). The van der Waals surface area contributed by atoms with E-state index < -0.39 is 0 Å². The van der Waals surface area contributed by atoms with Gasteiger partial charge in [0, 0.05) is 48.6 Å².